The molecule has 2 atom stereocenters. The summed E-state index contributed by atoms with van der Waals surface area (Å²) in [6.45, 7) is 12.5. The third-order valence-electron chi connectivity index (χ3n) is 10.1. The smallest absolute Gasteiger partial charge is 0.404 e. The Kier molecular flexibility index (Phi) is 6.49. The Morgan fingerprint density at radius 1 is 1.08 bits per heavy atom. The molecule has 0 amide bonds. The van der Waals surface area contributed by atoms with Gasteiger partial charge >= 0.3 is 6.18 Å². The van der Waals surface area contributed by atoms with E-state index in [-0.39, 0.29) is 24.8 Å². The monoisotopic (exact) mass is 555 g/mol. The van der Waals surface area contributed by atoms with Gasteiger partial charge in [0, 0.05) is 53.1 Å². The Labute approximate surface area is 225 Å². The standard InChI is InChI=1S/C28H44F3N3OSSi/c1-18(2)34-24(25-21-12-20(13-22(21)25)33-11-10-26(15-33)16-36-17-26)14-23(32-34)19-6-8-27(9-7-19,28(29,30)31)35-37(3,4)5/h14,18-22,25H,6-13,15-17H2,1-5H3. The second-order valence-electron chi connectivity index (χ2n) is 14.2. The van der Waals surface area contributed by atoms with Crippen LogP contribution < -0.4 is 0 Å². The molecule has 1 spiro atoms. The quantitative estimate of drug-likeness (QED) is 0.347. The molecule has 1 aromatic rings. The van der Waals surface area contributed by atoms with Crippen LogP contribution in [0.1, 0.15) is 88.1 Å². The summed E-state index contributed by atoms with van der Waals surface area (Å²) >= 11 is 2.11. The lowest BCUT2D eigenvalue weighted by Crippen LogP contribution is -2.54. The van der Waals surface area contributed by atoms with Gasteiger partial charge in [-0.15, -0.1) is 0 Å². The highest BCUT2D eigenvalue weighted by Gasteiger charge is 2.61. The molecule has 0 radical (unpaired) electrons. The number of rotatable bonds is 6. The first kappa shape index (κ1) is 26.7. The summed E-state index contributed by atoms with van der Waals surface area (Å²) in [4.78, 5) is 2.80. The summed E-state index contributed by atoms with van der Waals surface area (Å²) in [6, 6.07) is 3.30. The topological polar surface area (TPSA) is 30.3 Å². The molecule has 3 saturated carbocycles. The van der Waals surface area contributed by atoms with Gasteiger partial charge < -0.3 is 4.43 Å². The molecular weight excluding hydrogens is 511 g/mol. The van der Waals surface area contributed by atoms with Crippen LogP contribution in [0.2, 0.25) is 19.6 Å². The van der Waals surface area contributed by atoms with E-state index >= 15 is 0 Å². The van der Waals surface area contributed by atoms with Crippen LogP contribution in [0.4, 0.5) is 13.2 Å². The van der Waals surface area contributed by atoms with Crippen LogP contribution in [-0.2, 0) is 4.43 Å². The molecule has 4 nitrogen and oxygen atoms in total. The van der Waals surface area contributed by atoms with E-state index in [9.17, 15) is 13.2 Å². The number of thioether (sulfide) groups is 1. The SMILES string of the molecule is CC(C)n1nc(C2CCC(O[Si](C)(C)C)(C(F)(F)F)CC2)cc1C1C2CC(N3CCC4(CSC4)C3)CC21. The highest BCUT2D eigenvalue weighted by Crippen LogP contribution is 2.65. The van der Waals surface area contributed by atoms with E-state index in [1.807, 2.05) is 19.6 Å². The third-order valence-corrected chi connectivity index (χ3v) is 12.7. The van der Waals surface area contributed by atoms with E-state index in [1.165, 1.54) is 49.6 Å². The Balaban J connectivity index is 1.12. The van der Waals surface area contributed by atoms with Gasteiger partial charge in [0.1, 0.15) is 0 Å². The van der Waals surface area contributed by atoms with Gasteiger partial charge in [-0.1, -0.05) is 0 Å². The van der Waals surface area contributed by atoms with Gasteiger partial charge in [-0.25, -0.2) is 0 Å². The molecule has 1 aromatic heterocycles. The van der Waals surface area contributed by atoms with Crippen molar-refractivity contribution >= 4 is 20.1 Å². The van der Waals surface area contributed by atoms with Crippen molar-refractivity contribution < 1.29 is 17.6 Å². The number of hydrogen-bond acceptors (Lipinski definition) is 4. The minimum absolute atomic E-state index is 0.0432. The minimum atomic E-state index is -4.32. The molecule has 6 rings (SSSR count). The predicted octanol–water partition coefficient (Wildman–Crippen LogP) is 7.21. The summed E-state index contributed by atoms with van der Waals surface area (Å²) in [5.41, 5.74) is 1.01. The third kappa shape index (κ3) is 4.75. The number of halogens is 3. The van der Waals surface area contributed by atoms with Crippen LogP contribution >= 0.6 is 11.8 Å². The molecule has 0 N–H and O–H groups in total. The largest absolute Gasteiger partial charge is 0.416 e. The van der Waals surface area contributed by atoms with Crippen molar-refractivity contribution in [2.75, 3.05) is 24.6 Å². The van der Waals surface area contributed by atoms with Crippen LogP contribution in [0, 0.1) is 17.3 Å². The molecule has 2 aliphatic heterocycles. The molecule has 208 valence electrons. The average molecular weight is 556 g/mol. The van der Waals surface area contributed by atoms with Crippen LogP contribution in [-0.4, -0.2) is 65.4 Å². The van der Waals surface area contributed by atoms with Crippen molar-refractivity contribution in [1.82, 2.24) is 14.7 Å². The van der Waals surface area contributed by atoms with E-state index in [4.69, 9.17) is 9.52 Å². The number of hydrogen-bond donors (Lipinski definition) is 0. The molecule has 0 bridgehead atoms. The van der Waals surface area contributed by atoms with E-state index in [0.717, 1.165) is 23.6 Å². The highest BCUT2D eigenvalue weighted by molar-refractivity contribution is 8.00. The molecule has 9 heteroatoms. The normalized spacial score (nSPS) is 37.8. The Hall–Kier alpha value is -0.513. The Morgan fingerprint density at radius 3 is 2.22 bits per heavy atom. The number of nitrogens with zero attached hydrogens (tertiary/aromatic N) is 3. The molecule has 2 unspecified atom stereocenters. The fourth-order valence-electron chi connectivity index (χ4n) is 8.16. The molecular formula is C28H44F3N3OSSi. The number of likely N-dealkylation sites (tertiary alicyclic amines) is 1. The van der Waals surface area contributed by atoms with Crippen LogP contribution in [0.3, 0.4) is 0 Å². The van der Waals surface area contributed by atoms with Crippen molar-refractivity contribution in [3.63, 3.8) is 0 Å². The first-order chi connectivity index (χ1) is 17.3. The number of alkyl halides is 3. The summed E-state index contributed by atoms with van der Waals surface area (Å²) in [6.07, 6.45) is 0.753. The summed E-state index contributed by atoms with van der Waals surface area (Å²) in [5.74, 6) is 4.91. The van der Waals surface area contributed by atoms with Gasteiger partial charge in [0.05, 0.1) is 5.69 Å². The number of fused-ring (bicyclic) bond motifs is 1. The van der Waals surface area contributed by atoms with Gasteiger partial charge in [0.2, 0.25) is 0 Å². The molecule has 5 aliphatic rings. The Morgan fingerprint density at radius 2 is 1.73 bits per heavy atom. The fourth-order valence-corrected chi connectivity index (χ4v) is 10.9. The second-order valence-corrected chi connectivity index (χ2v) is 19.6. The van der Waals surface area contributed by atoms with E-state index in [2.05, 4.69) is 41.3 Å². The van der Waals surface area contributed by atoms with Crippen molar-refractivity contribution in [3.05, 3.63) is 17.5 Å². The maximum absolute atomic E-state index is 14.2. The lowest BCUT2D eigenvalue weighted by molar-refractivity contribution is -0.262. The zero-order valence-electron chi connectivity index (χ0n) is 23.1. The highest BCUT2D eigenvalue weighted by atomic mass is 32.2. The molecule has 3 aliphatic carbocycles. The van der Waals surface area contributed by atoms with Crippen LogP contribution in [0.25, 0.3) is 0 Å². The summed E-state index contributed by atoms with van der Waals surface area (Å²) < 4.78 is 50.5. The van der Waals surface area contributed by atoms with E-state index in [1.54, 1.807) is 0 Å². The van der Waals surface area contributed by atoms with Crippen molar-refractivity contribution in [2.45, 2.75) is 114 Å². The van der Waals surface area contributed by atoms with Gasteiger partial charge in [-0.05, 0) is 103 Å². The zero-order chi connectivity index (χ0) is 26.4. The van der Waals surface area contributed by atoms with Crippen molar-refractivity contribution in [1.29, 1.82) is 0 Å². The zero-order valence-corrected chi connectivity index (χ0v) is 24.9. The average Bonchev–Trinajstić information content (AvgIpc) is 3.23. The molecule has 2 saturated heterocycles. The van der Waals surface area contributed by atoms with Crippen LogP contribution in [0.5, 0.6) is 0 Å². The van der Waals surface area contributed by atoms with Gasteiger partial charge in [-0.3, -0.25) is 9.58 Å². The summed E-state index contributed by atoms with van der Waals surface area (Å²) in [5, 5.41) is 5.03. The maximum Gasteiger partial charge on any atom is 0.416 e. The molecule has 5 fully saturated rings. The van der Waals surface area contributed by atoms with Gasteiger partial charge in [-0.2, -0.15) is 30.0 Å². The van der Waals surface area contributed by atoms with Crippen molar-refractivity contribution in [3.8, 4) is 0 Å². The van der Waals surface area contributed by atoms with Crippen LogP contribution in [0.15, 0.2) is 6.07 Å². The predicted molar refractivity (Wildman–Crippen MR) is 146 cm³/mol. The lowest BCUT2D eigenvalue weighted by atomic mass is 9.77. The van der Waals surface area contributed by atoms with Gasteiger partial charge in [0.25, 0.3) is 0 Å². The molecule has 3 heterocycles. The minimum Gasteiger partial charge on any atom is -0.404 e. The Bertz CT molecular complexity index is 997. The second kappa shape index (κ2) is 9.00. The van der Waals surface area contributed by atoms with Crippen molar-refractivity contribution in [2.24, 2.45) is 17.3 Å². The fraction of sp³-hybridized carbons (Fsp3) is 0.893. The first-order valence-corrected chi connectivity index (χ1v) is 19.0. The van der Waals surface area contributed by atoms with Gasteiger partial charge in [0.15, 0.2) is 13.9 Å². The summed E-state index contributed by atoms with van der Waals surface area (Å²) in [7, 11) is -2.33. The van der Waals surface area contributed by atoms with E-state index in [0.29, 0.717) is 24.2 Å². The molecule has 0 aromatic carbocycles. The number of aromatic nitrogens is 2. The van der Waals surface area contributed by atoms with E-state index < -0.39 is 20.1 Å². The molecule has 37 heavy (non-hydrogen) atoms. The lowest BCUT2D eigenvalue weighted by Gasteiger charge is -2.44. The maximum atomic E-state index is 14.2. The first-order valence-electron chi connectivity index (χ1n) is 14.5.